The van der Waals surface area contributed by atoms with Crippen LogP contribution in [0.25, 0.3) is 0 Å². The van der Waals surface area contributed by atoms with E-state index in [1.807, 2.05) is 0 Å². The average Bonchev–Trinajstić information content (AvgIpc) is 2.20. The van der Waals surface area contributed by atoms with Crippen molar-refractivity contribution < 1.29 is 4.79 Å². The van der Waals surface area contributed by atoms with E-state index in [0.29, 0.717) is 5.78 Å². The zero-order valence-corrected chi connectivity index (χ0v) is 10.9. The zero-order chi connectivity index (χ0) is 11.7. The van der Waals surface area contributed by atoms with E-state index in [-0.39, 0.29) is 5.92 Å². The molecule has 1 aliphatic heterocycles. The number of rotatable bonds is 1. The molecule has 1 saturated carbocycles. The van der Waals surface area contributed by atoms with E-state index in [1.54, 1.807) is 0 Å². The molecule has 3 unspecified atom stereocenters. The molecule has 2 aliphatic rings. The summed E-state index contributed by atoms with van der Waals surface area (Å²) in [6.07, 6.45) is 4.84. The molecule has 16 heavy (non-hydrogen) atoms. The summed E-state index contributed by atoms with van der Waals surface area (Å²) in [4.78, 5) is 14.1. The smallest absolute Gasteiger partial charge is 0.138 e. The number of ketones is 1. The Balaban J connectivity index is 1.94. The molecule has 2 fully saturated rings. The summed E-state index contributed by atoms with van der Waals surface area (Å²) in [5, 5.41) is 0. The lowest BCUT2D eigenvalue weighted by Gasteiger charge is -2.42. The molecule has 0 N–H and O–H groups in total. The molecule has 1 heterocycles. The van der Waals surface area contributed by atoms with Crippen LogP contribution in [-0.2, 0) is 4.79 Å². The molecule has 0 spiro atoms. The zero-order valence-electron chi connectivity index (χ0n) is 10.9. The standard InChI is InChI=1S/C14H25NO/c1-10-6-11(2)8-13(7-10)15-5-4-14(16)12(3)9-15/h10-13H,4-9H2,1-3H3. The van der Waals surface area contributed by atoms with Crippen LogP contribution in [0.5, 0.6) is 0 Å². The highest BCUT2D eigenvalue weighted by atomic mass is 16.1. The molecular formula is C14H25NO. The van der Waals surface area contributed by atoms with Crippen molar-refractivity contribution in [3.05, 3.63) is 0 Å². The summed E-state index contributed by atoms with van der Waals surface area (Å²) in [5.41, 5.74) is 0. The Morgan fingerprint density at radius 2 is 1.69 bits per heavy atom. The molecule has 92 valence electrons. The van der Waals surface area contributed by atoms with Gasteiger partial charge in [0, 0.05) is 31.5 Å². The van der Waals surface area contributed by atoms with Gasteiger partial charge < -0.3 is 0 Å². The lowest BCUT2D eigenvalue weighted by molar-refractivity contribution is -0.126. The molecule has 1 saturated heterocycles. The van der Waals surface area contributed by atoms with Gasteiger partial charge in [-0.3, -0.25) is 9.69 Å². The highest BCUT2D eigenvalue weighted by Crippen LogP contribution is 2.32. The molecule has 0 bridgehead atoms. The van der Waals surface area contributed by atoms with Gasteiger partial charge in [-0.05, 0) is 31.1 Å². The average molecular weight is 223 g/mol. The third kappa shape index (κ3) is 2.65. The molecule has 2 heteroatoms. The lowest BCUT2D eigenvalue weighted by Crippen LogP contribution is -2.47. The number of nitrogens with zero attached hydrogens (tertiary/aromatic N) is 1. The summed E-state index contributed by atoms with van der Waals surface area (Å²) in [5.74, 6) is 2.46. The Hall–Kier alpha value is -0.370. The second kappa shape index (κ2) is 4.87. The van der Waals surface area contributed by atoms with Crippen LogP contribution in [0.15, 0.2) is 0 Å². The SMILES string of the molecule is CC1CC(C)CC(N2CCC(=O)C(C)C2)C1. The van der Waals surface area contributed by atoms with E-state index < -0.39 is 0 Å². The van der Waals surface area contributed by atoms with Crippen molar-refractivity contribution in [1.82, 2.24) is 4.90 Å². The minimum absolute atomic E-state index is 0.265. The first-order chi connectivity index (χ1) is 7.56. The monoisotopic (exact) mass is 223 g/mol. The topological polar surface area (TPSA) is 20.3 Å². The second-order valence-electron chi connectivity index (χ2n) is 6.18. The van der Waals surface area contributed by atoms with Crippen molar-refractivity contribution in [3.8, 4) is 0 Å². The third-order valence-corrected chi connectivity index (χ3v) is 4.37. The van der Waals surface area contributed by atoms with Crippen molar-refractivity contribution in [2.45, 2.75) is 52.5 Å². The number of Topliss-reactive ketones (excluding diaryl/α,β-unsaturated/α-hetero) is 1. The van der Waals surface area contributed by atoms with Crippen LogP contribution < -0.4 is 0 Å². The molecule has 0 aromatic carbocycles. The van der Waals surface area contributed by atoms with Crippen LogP contribution >= 0.6 is 0 Å². The predicted octanol–water partition coefficient (Wildman–Crippen LogP) is 2.72. The first kappa shape index (κ1) is 12.1. The number of piperidine rings is 1. The van der Waals surface area contributed by atoms with E-state index in [0.717, 1.165) is 37.4 Å². The number of likely N-dealkylation sites (tertiary alicyclic amines) is 1. The van der Waals surface area contributed by atoms with Gasteiger partial charge >= 0.3 is 0 Å². The molecule has 0 radical (unpaired) electrons. The molecule has 0 aromatic heterocycles. The van der Waals surface area contributed by atoms with Crippen LogP contribution in [0.4, 0.5) is 0 Å². The van der Waals surface area contributed by atoms with Gasteiger partial charge in [0.15, 0.2) is 0 Å². The largest absolute Gasteiger partial charge is 0.299 e. The van der Waals surface area contributed by atoms with Gasteiger partial charge in [-0.2, -0.15) is 0 Å². The third-order valence-electron chi connectivity index (χ3n) is 4.37. The number of carbonyl (C=O) groups excluding carboxylic acids is 1. The van der Waals surface area contributed by atoms with Gasteiger partial charge in [0.1, 0.15) is 5.78 Å². The fourth-order valence-electron chi connectivity index (χ4n) is 3.58. The fraction of sp³-hybridized carbons (Fsp3) is 0.929. The highest BCUT2D eigenvalue weighted by Gasteiger charge is 2.32. The van der Waals surface area contributed by atoms with Crippen LogP contribution in [0.2, 0.25) is 0 Å². The van der Waals surface area contributed by atoms with Crippen LogP contribution in [-0.4, -0.2) is 29.8 Å². The maximum absolute atomic E-state index is 11.5. The summed E-state index contributed by atoms with van der Waals surface area (Å²) in [7, 11) is 0. The predicted molar refractivity (Wildman–Crippen MR) is 66.3 cm³/mol. The summed E-state index contributed by atoms with van der Waals surface area (Å²) in [6, 6.07) is 0.745. The van der Waals surface area contributed by atoms with Crippen molar-refractivity contribution in [2.75, 3.05) is 13.1 Å². The maximum atomic E-state index is 11.5. The molecule has 0 amide bonds. The van der Waals surface area contributed by atoms with Crippen molar-refractivity contribution >= 4 is 5.78 Å². The van der Waals surface area contributed by atoms with Gasteiger partial charge in [0.25, 0.3) is 0 Å². The Morgan fingerprint density at radius 1 is 1.06 bits per heavy atom. The van der Waals surface area contributed by atoms with E-state index in [2.05, 4.69) is 25.7 Å². The van der Waals surface area contributed by atoms with Crippen molar-refractivity contribution in [1.29, 1.82) is 0 Å². The molecule has 2 rings (SSSR count). The first-order valence-electron chi connectivity index (χ1n) is 6.83. The van der Waals surface area contributed by atoms with E-state index in [9.17, 15) is 4.79 Å². The van der Waals surface area contributed by atoms with Crippen molar-refractivity contribution in [2.24, 2.45) is 17.8 Å². The normalized spacial score (nSPS) is 42.3. The van der Waals surface area contributed by atoms with Crippen LogP contribution in [0.3, 0.4) is 0 Å². The molecular weight excluding hydrogens is 198 g/mol. The molecule has 2 nitrogen and oxygen atoms in total. The van der Waals surface area contributed by atoms with Crippen LogP contribution in [0, 0.1) is 17.8 Å². The molecule has 3 atom stereocenters. The second-order valence-corrected chi connectivity index (χ2v) is 6.18. The summed E-state index contributed by atoms with van der Waals surface area (Å²) < 4.78 is 0. The number of hydrogen-bond acceptors (Lipinski definition) is 2. The molecule has 0 aromatic rings. The number of carbonyl (C=O) groups is 1. The van der Waals surface area contributed by atoms with Gasteiger partial charge in [-0.25, -0.2) is 0 Å². The fourth-order valence-corrected chi connectivity index (χ4v) is 3.58. The quantitative estimate of drug-likeness (QED) is 0.681. The van der Waals surface area contributed by atoms with Gasteiger partial charge in [-0.1, -0.05) is 20.8 Å². The van der Waals surface area contributed by atoms with Crippen molar-refractivity contribution in [3.63, 3.8) is 0 Å². The van der Waals surface area contributed by atoms with Gasteiger partial charge in [-0.15, -0.1) is 0 Å². The maximum Gasteiger partial charge on any atom is 0.138 e. The summed E-state index contributed by atoms with van der Waals surface area (Å²) in [6.45, 7) is 8.85. The summed E-state index contributed by atoms with van der Waals surface area (Å²) >= 11 is 0. The highest BCUT2D eigenvalue weighted by molar-refractivity contribution is 5.81. The van der Waals surface area contributed by atoms with Crippen LogP contribution in [0.1, 0.15) is 46.5 Å². The Bertz CT molecular complexity index is 253. The Labute approximate surface area is 99.4 Å². The first-order valence-corrected chi connectivity index (χ1v) is 6.83. The lowest BCUT2D eigenvalue weighted by atomic mass is 9.79. The molecule has 1 aliphatic carbocycles. The van der Waals surface area contributed by atoms with E-state index >= 15 is 0 Å². The Morgan fingerprint density at radius 3 is 2.25 bits per heavy atom. The van der Waals surface area contributed by atoms with E-state index in [1.165, 1.54) is 19.3 Å². The van der Waals surface area contributed by atoms with E-state index in [4.69, 9.17) is 0 Å². The number of hydrogen-bond donors (Lipinski definition) is 0. The van der Waals surface area contributed by atoms with Gasteiger partial charge in [0.2, 0.25) is 0 Å². The van der Waals surface area contributed by atoms with Gasteiger partial charge in [0.05, 0.1) is 0 Å². The Kier molecular flexibility index (Phi) is 3.68. The minimum atomic E-state index is 0.265. The minimum Gasteiger partial charge on any atom is -0.299 e.